The van der Waals surface area contributed by atoms with Crippen LogP contribution in [0.3, 0.4) is 0 Å². The Morgan fingerprint density at radius 2 is 1.85 bits per heavy atom. The Hall–Kier alpha value is -1.71. The van der Waals surface area contributed by atoms with Gasteiger partial charge >= 0.3 is 6.09 Å². The van der Waals surface area contributed by atoms with Gasteiger partial charge in [0.05, 0.1) is 13.7 Å². The molecule has 0 saturated carbocycles. The maximum atomic E-state index is 11.8. The fourth-order valence-electron chi connectivity index (χ4n) is 3.08. The highest BCUT2D eigenvalue weighted by atomic mass is 127. The molecule has 1 aliphatic rings. The van der Waals surface area contributed by atoms with Crippen LogP contribution in [0.15, 0.2) is 29.3 Å². The normalized spacial score (nSPS) is 15.6. The molecule has 1 heterocycles. The zero-order valence-corrected chi connectivity index (χ0v) is 18.9. The van der Waals surface area contributed by atoms with Crippen LogP contribution in [0.1, 0.15) is 25.3 Å². The Morgan fingerprint density at radius 3 is 2.44 bits per heavy atom. The minimum Gasteiger partial charge on any atom is -0.496 e. The zero-order valence-electron chi connectivity index (χ0n) is 16.6. The first-order valence-electron chi connectivity index (χ1n) is 9.10. The largest absolute Gasteiger partial charge is 0.496 e. The molecule has 1 saturated heterocycles. The van der Waals surface area contributed by atoms with E-state index in [0.29, 0.717) is 19.7 Å². The Kier molecular flexibility index (Phi) is 10.3. The zero-order chi connectivity index (χ0) is 18.9. The second-order valence-corrected chi connectivity index (χ2v) is 6.24. The Bertz CT molecular complexity index is 619. The topological polar surface area (TPSA) is 66.4 Å². The molecule has 7 nitrogen and oxygen atoms in total. The highest BCUT2D eigenvalue weighted by Crippen LogP contribution is 2.25. The van der Waals surface area contributed by atoms with E-state index < -0.39 is 0 Å². The summed E-state index contributed by atoms with van der Waals surface area (Å²) in [5.41, 5.74) is 1.17. The summed E-state index contributed by atoms with van der Waals surface area (Å²) in [7, 11) is 3.48. The summed E-state index contributed by atoms with van der Waals surface area (Å²) in [4.78, 5) is 20.1. The smallest absolute Gasteiger partial charge is 0.409 e. The first-order chi connectivity index (χ1) is 12.6. The van der Waals surface area contributed by atoms with Crippen molar-refractivity contribution in [1.82, 2.24) is 15.1 Å². The molecule has 8 heteroatoms. The molecule has 1 aliphatic heterocycles. The summed E-state index contributed by atoms with van der Waals surface area (Å²) >= 11 is 0. The van der Waals surface area contributed by atoms with Crippen molar-refractivity contribution >= 4 is 36.0 Å². The molecule has 152 valence electrons. The lowest BCUT2D eigenvalue weighted by Gasteiger charge is -2.36. The number of amides is 1. The molecule has 0 radical (unpaired) electrons. The second kappa shape index (κ2) is 11.9. The minimum atomic E-state index is -0.236. The van der Waals surface area contributed by atoms with Gasteiger partial charge in [0, 0.05) is 45.7 Å². The van der Waals surface area contributed by atoms with Crippen molar-refractivity contribution in [3.05, 3.63) is 29.8 Å². The first kappa shape index (κ1) is 23.3. The number of hydrogen-bond donors (Lipinski definition) is 1. The Morgan fingerprint density at radius 1 is 1.22 bits per heavy atom. The molecule has 0 spiro atoms. The molecule has 1 fully saturated rings. The van der Waals surface area contributed by atoms with E-state index in [9.17, 15) is 4.79 Å². The maximum absolute atomic E-state index is 11.8. The van der Waals surface area contributed by atoms with Crippen molar-refractivity contribution in [2.24, 2.45) is 4.99 Å². The van der Waals surface area contributed by atoms with Gasteiger partial charge in [-0.1, -0.05) is 25.1 Å². The van der Waals surface area contributed by atoms with Crippen molar-refractivity contribution in [1.29, 1.82) is 0 Å². The molecule has 0 bridgehead atoms. The molecule has 1 unspecified atom stereocenters. The number of aliphatic imine (C=N–C) groups is 1. The number of carbonyl (C=O) groups is 1. The summed E-state index contributed by atoms with van der Waals surface area (Å²) in [6.45, 7) is 7.90. The number of rotatable bonds is 5. The molecule has 2 rings (SSSR count). The van der Waals surface area contributed by atoms with Gasteiger partial charge in [-0.3, -0.25) is 4.99 Å². The van der Waals surface area contributed by atoms with E-state index in [-0.39, 0.29) is 36.0 Å². The number of hydrogen-bond acceptors (Lipinski definition) is 4. The molecule has 1 aromatic rings. The molecule has 0 aliphatic carbocycles. The number of guanidine groups is 1. The standard InChI is InChI=1S/C19H30N4O3.HI/c1-5-26-19(24)23-12-10-22(11-13-23)18(20-3)21-14-15(2)16-8-6-7-9-17(16)25-4;/h6-9,15H,5,10-14H2,1-4H3,(H,20,21);1H. The monoisotopic (exact) mass is 490 g/mol. The van der Waals surface area contributed by atoms with E-state index in [2.05, 4.69) is 28.2 Å². The lowest BCUT2D eigenvalue weighted by atomic mass is 10.0. The summed E-state index contributed by atoms with van der Waals surface area (Å²) in [5.74, 6) is 2.04. The fraction of sp³-hybridized carbons (Fsp3) is 0.579. The number of para-hydroxylation sites is 1. The average Bonchev–Trinajstić information content (AvgIpc) is 2.68. The van der Waals surface area contributed by atoms with Gasteiger partial charge in [-0.2, -0.15) is 0 Å². The number of halogens is 1. The minimum absolute atomic E-state index is 0. The van der Waals surface area contributed by atoms with Crippen LogP contribution < -0.4 is 10.1 Å². The number of methoxy groups -OCH3 is 1. The van der Waals surface area contributed by atoms with Crippen LogP contribution in [0.2, 0.25) is 0 Å². The van der Waals surface area contributed by atoms with Crippen LogP contribution >= 0.6 is 24.0 Å². The third-order valence-corrected chi connectivity index (χ3v) is 4.55. The van der Waals surface area contributed by atoms with Crippen LogP contribution in [0, 0.1) is 0 Å². The molecule has 1 atom stereocenters. The van der Waals surface area contributed by atoms with E-state index in [4.69, 9.17) is 9.47 Å². The quantitative estimate of drug-likeness (QED) is 0.391. The van der Waals surface area contributed by atoms with Crippen molar-refractivity contribution < 1.29 is 14.3 Å². The van der Waals surface area contributed by atoms with Crippen LogP contribution in [0.25, 0.3) is 0 Å². The van der Waals surface area contributed by atoms with Gasteiger partial charge < -0.3 is 24.6 Å². The van der Waals surface area contributed by atoms with Crippen LogP contribution in [0.5, 0.6) is 5.75 Å². The van der Waals surface area contributed by atoms with Crippen LogP contribution in [-0.2, 0) is 4.74 Å². The fourth-order valence-corrected chi connectivity index (χ4v) is 3.08. The average molecular weight is 490 g/mol. The van der Waals surface area contributed by atoms with E-state index in [1.54, 1.807) is 19.1 Å². The number of nitrogens with one attached hydrogen (secondary N) is 1. The van der Waals surface area contributed by atoms with Gasteiger partial charge in [-0.25, -0.2) is 4.79 Å². The number of ether oxygens (including phenoxy) is 2. The van der Waals surface area contributed by atoms with Crippen LogP contribution in [0.4, 0.5) is 4.79 Å². The summed E-state index contributed by atoms with van der Waals surface area (Å²) < 4.78 is 10.5. The molecular formula is C19H31IN4O3. The number of carbonyl (C=O) groups excluding carboxylic acids is 1. The third kappa shape index (κ3) is 6.44. The highest BCUT2D eigenvalue weighted by Gasteiger charge is 2.24. The van der Waals surface area contributed by atoms with Crippen molar-refractivity contribution in [2.45, 2.75) is 19.8 Å². The molecule has 1 N–H and O–H groups in total. The summed E-state index contributed by atoms with van der Waals surface area (Å²) in [5, 5.41) is 3.44. The van der Waals surface area contributed by atoms with Gasteiger partial charge in [0.2, 0.25) is 0 Å². The molecule has 1 amide bonds. The predicted molar refractivity (Wildman–Crippen MR) is 118 cm³/mol. The van der Waals surface area contributed by atoms with E-state index >= 15 is 0 Å². The van der Waals surface area contributed by atoms with Crippen molar-refractivity contribution in [3.8, 4) is 5.75 Å². The lowest BCUT2D eigenvalue weighted by molar-refractivity contribution is 0.0914. The second-order valence-electron chi connectivity index (χ2n) is 6.24. The Balaban J connectivity index is 0.00000364. The lowest BCUT2D eigenvalue weighted by Crippen LogP contribution is -2.54. The molecule has 1 aromatic carbocycles. The van der Waals surface area contributed by atoms with E-state index in [0.717, 1.165) is 31.3 Å². The van der Waals surface area contributed by atoms with Gasteiger partial charge in [-0.15, -0.1) is 24.0 Å². The Labute approximate surface area is 179 Å². The van der Waals surface area contributed by atoms with Crippen molar-refractivity contribution in [3.63, 3.8) is 0 Å². The van der Waals surface area contributed by atoms with Crippen LogP contribution in [-0.4, -0.2) is 75.3 Å². The molecular weight excluding hydrogens is 459 g/mol. The molecule has 0 aromatic heterocycles. The van der Waals surface area contributed by atoms with E-state index in [1.165, 1.54) is 5.56 Å². The van der Waals surface area contributed by atoms with Crippen molar-refractivity contribution in [2.75, 3.05) is 53.5 Å². The van der Waals surface area contributed by atoms with Gasteiger partial charge in [-0.05, 0) is 18.6 Å². The third-order valence-electron chi connectivity index (χ3n) is 4.55. The predicted octanol–water partition coefficient (Wildman–Crippen LogP) is 2.77. The summed E-state index contributed by atoms with van der Waals surface area (Å²) in [6, 6.07) is 8.07. The SMILES string of the molecule is CCOC(=O)N1CCN(C(=NC)NCC(C)c2ccccc2OC)CC1.I. The van der Waals surface area contributed by atoms with Gasteiger partial charge in [0.25, 0.3) is 0 Å². The van der Waals surface area contributed by atoms with Gasteiger partial charge in [0.15, 0.2) is 5.96 Å². The maximum Gasteiger partial charge on any atom is 0.409 e. The first-order valence-corrected chi connectivity index (χ1v) is 9.10. The number of benzene rings is 1. The highest BCUT2D eigenvalue weighted by molar-refractivity contribution is 14.0. The van der Waals surface area contributed by atoms with Gasteiger partial charge in [0.1, 0.15) is 5.75 Å². The number of nitrogens with zero attached hydrogens (tertiary/aromatic N) is 3. The van der Waals surface area contributed by atoms with E-state index in [1.807, 2.05) is 25.1 Å². The summed E-state index contributed by atoms with van der Waals surface area (Å²) in [6.07, 6.45) is -0.236. The molecule has 27 heavy (non-hydrogen) atoms. The number of piperazine rings is 1.